The third-order valence-electron chi connectivity index (χ3n) is 3.51. The Morgan fingerprint density at radius 1 is 0.833 bits per heavy atom. The fraction of sp³-hybridized carbons (Fsp3) is 0.227. The van der Waals surface area contributed by atoms with Crippen LogP contribution in [-0.4, -0.2) is 12.8 Å². The molecule has 0 aliphatic carbocycles. The fourth-order valence-electron chi connectivity index (χ4n) is 2.17. The van der Waals surface area contributed by atoms with E-state index in [0.29, 0.717) is 6.29 Å². The van der Waals surface area contributed by atoms with E-state index in [1.807, 2.05) is 36.4 Å². The van der Waals surface area contributed by atoms with Gasteiger partial charge in [-0.3, -0.25) is 4.79 Å². The summed E-state index contributed by atoms with van der Waals surface area (Å²) in [6, 6.07) is 15.7. The van der Waals surface area contributed by atoms with Gasteiger partial charge < -0.3 is 5.32 Å². The number of nitrogens with one attached hydrogen (secondary N) is 1. The highest BCUT2D eigenvalue weighted by molar-refractivity contribution is 5.74. The zero-order valence-electron chi connectivity index (χ0n) is 13.9. The van der Waals surface area contributed by atoms with Gasteiger partial charge in [0.2, 0.25) is 0 Å². The topological polar surface area (TPSA) is 29.1 Å². The Kier molecular flexibility index (Phi) is 7.19. The first-order valence-corrected chi connectivity index (χ1v) is 8.23. The zero-order valence-corrected chi connectivity index (χ0v) is 13.9. The van der Waals surface area contributed by atoms with Crippen molar-refractivity contribution < 1.29 is 4.79 Å². The van der Waals surface area contributed by atoms with Gasteiger partial charge in [-0.15, -0.1) is 0 Å². The second-order valence-electron chi connectivity index (χ2n) is 5.43. The van der Waals surface area contributed by atoms with Gasteiger partial charge in [-0.2, -0.15) is 0 Å². The number of benzene rings is 2. The van der Waals surface area contributed by atoms with E-state index in [2.05, 4.69) is 48.1 Å². The van der Waals surface area contributed by atoms with Crippen LogP contribution in [0, 0.1) is 23.7 Å². The SMILES string of the molecule is CCCCCNc1ccc(C#Cc2ccc(C#CC=O)cc2)cc1. The molecule has 0 bridgehead atoms. The Labute approximate surface area is 144 Å². The van der Waals surface area contributed by atoms with Gasteiger partial charge in [-0.1, -0.05) is 37.5 Å². The number of carbonyl (C=O) groups is 1. The average Bonchev–Trinajstić information content (AvgIpc) is 2.64. The standard InChI is InChI=1S/C22H21NO/c1-2-3-4-17-23-22-15-13-21(14-16-22)12-11-20-9-7-19(8-10-20)6-5-18-24/h7-10,13-16,18,23H,2-4,17H2,1H3. The van der Waals surface area contributed by atoms with Crippen molar-refractivity contribution in [2.24, 2.45) is 0 Å². The summed E-state index contributed by atoms with van der Waals surface area (Å²) in [7, 11) is 0. The number of anilines is 1. The van der Waals surface area contributed by atoms with Gasteiger partial charge in [0.15, 0.2) is 6.29 Å². The quantitative estimate of drug-likeness (QED) is 0.508. The average molecular weight is 315 g/mol. The number of rotatable bonds is 5. The molecule has 2 nitrogen and oxygen atoms in total. The summed E-state index contributed by atoms with van der Waals surface area (Å²) in [6.45, 7) is 3.22. The van der Waals surface area contributed by atoms with Crippen LogP contribution in [0.25, 0.3) is 0 Å². The van der Waals surface area contributed by atoms with E-state index < -0.39 is 0 Å². The van der Waals surface area contributed by atoms with Crippen LogP contribution in [0.4, 0.5) is 5.69 Å². The van der Waals surface area contributed by atoms with Gasteiger partial charge >= 0.3 is 0 Å². The summed E-state index contributed by atoms with van der Waals surface area (Å²) >= 11 is 0. The third-order valence-corrected chi connectivity index (χ3v) is 3.51. The number of hydrogen-bond donors (Lipinski definition) is 1. The highest BCUT2D eigenvalue weighted by Gasteiger charge is 1.93. The monoisotopic (exact) mass is 315 g/mol. The number of carbonyl (C=O) groups excluding carboxylic acids is 1. The van der Waals surface area contributed by atoms with Crippen molar-refractivity contribution in [2.45, 2.75) is 26.2 Å². The van der Waals surface area contributed by atoms with Crippen LogP contribution in [0.1, 0.15) is 42.9 Å². The molecular formula is C22H21NO. The molecule has 0 fully saturated rings. The highest BCUT2D eigenvalue weighted by atomic mass is 16.1. The Hall–Kier alpha value is -2.97. The predicted molar refractivity (Wildman–Crippen MR) is 99.8 cm³/mol. The molecule has 0 unspecified atom stereocenters. The second-order valence-corrected chi connectivity index (χ2v) is 5.43. The van der Waals surface area contributed by atoms with Gasteiger partial charge in [0.1, 0.15) is 0 Å². The maximum atomic E-state index is 10.2. The maximum Gasteiger partial charge on any atom is 0.193 e. The van der Waals surface area contributed by atoms with Gasteiger partial charge in [-0.05, 0) is 60.9 Å². The molecule has 2 rings (SSSR count). The lowest BCUT2D eigenvalue weighted by molar-refractivity contribution is -0.103. The van der Waals surface area contributed by atoms with Crippen LogP contribution in [0.15, 0.2) is 48.5 Å². The summed E-state index contributed by atoms with van der Waals surface area (Å²) in [4.78, 5) is 10.2. The van der Waals surface area contributed by atoms with Crippen LogP contribution >= 0.6 is 0 Å². The molecule has 1 N–H and O–H groups in total. The Morgan fingerprint density at radius 3 is 1.92 bits per heavy atom. The lowest BCUT2D eigenvalue weighted by Gasteiger charge is -2.05. The Morgan fingerprint density at radius 2 is 1.38 bits per heavy atom. The van der Waals surface area contributed by atoms with E-state index in [9.17, 15) is 4.79 Å². The van der Waals surface area contributed by atoms with Crippen LogP contribution < -0.4 is 5.32 Å². The summed E-state index contributed by atoms with van der Waals surface area (Å²) in [5, 5.41) is 3.42. The molecule has 0 heterocycles. The lowest BCUT2D eigenvalue weighted by Crippen LogP contribution is -2.00. The second kappa shape index (κ2) is 9.93. The van der Waals surface area contributed by atoms with Crippen molar-refractivity contribution in [1.29, 1.82) is 0 Å². The first-order chi connectivity index (χ1) is 11.8. The van der Waals surface area contributed by atoms with E-state index in [-0.39, 0.29) is 0 Å². The molecule has 2 heteroatoms. The normalized spacial score (nSPS) is 9.21. The molecule has 0 spiro atoms. The van der Waals surface area contributed by atoms with Crippen molar-refractivity contribution in [3.63, 3.8) is 0 Å². The first-order valence-electron chi connectivity index (χ1n) is 8.23. The Bertz CT molecular complexity index is 765. The molecule has 0 saturated heterocycles. The summed E-state index contributed by atoms with van der Waals surface area (Å²) in [6.07, 6.45) is 4.29. The van der Waals surface area contributed by atoms with Gasteiger partial charge in [0.25, 0.3) is 0 Å². The molecule has 24 heavy (non-hydrogen) atoms. The van der Waals surface area contributed by atoms with Gasteiger partial charge in [0, 0.05) is 28.9 Å². The van der Waals surface area contributed by atoms with Crippen LogP contribution in [-0.2, 0) is 4.79 Å². The Balaban J connectivity index is 1.94. The molecule has 0 aliphatic rings. The summed E-state index contributed by atoms with van der Waals surface area (Å²) in [5.74, 6) is 11.4. The largest absolute Gasteiger partial charge is 0.385 e. The predicted octanol–water partition coefficient (Wildman–Crippen LogP) is 4.24. The molecule has 0 saturated carbocycles. The molecule has 120 valence electrons. The highest BCUT2D eigenvalue weighted by Crippen LogP contribution is 2.10. The van der Waals surface area contributed by atoms with E-state index in [0.717, 1.165) is 28.9 Å². The lowest BCUT2D eigenvalue weighted by atomic mass is 10.1. The zero-order chi connectivity index (χ0) is 17.0. The van der Waals surface area contributed by atoms with Crippen LogP contribution in [0.5, 0.6) is 0 Å². The maximum absolute atomic E-state index is 10.2. The van der Waals surface area contributed by atoms with Gasteiger partial charge in [0.05, 0.1) is 0 Å². The molecule has 0 aliphatic heterocycles. The minimum absolute atomic E-state index is 0.593. The van der Waals surface area contributed by atoms with Crippen molar-refractivity contribution in [3.8, 4) is 23.7 Å². The third kappa shape index (κ3) is 6.03. The van der Waals surface area contributed by atoms with E-state index in [1.54, 1.807) is 0 Å². The van der Waals surface area contributed by atoms with Gasteiger partial charge in [-0.25, -0.2) is 0 Å². The summed E-state index contributed by atoms with van der Waals surface area (Å²) in [5.41, 5.74) is 3.85. The number of hydrogen-bond acceptors (Lipinski definition) is 2. The molecule has 0 atom stereocenters. The molecule has 2 aromatic rings. The van der Waals surface area contributed by atoms with E-state index in [1.165, 1.54) is 19.3 Å². The van der Waals surface area contributed by atoms with Crippen LogP contribution in [0.3, 0.4) is 0 Å². The van der Waals surface area contributed by atoms with Crippen molar-refractivity contribution in [3.05, 3.63) is 65.2 Å². The molecule has 0 radical (unpaired) electrons. The molecular weight excluding hydrogens is 294 g/mol. The first kappa shape index (κ1) is 17.4. The number of unbranched alkanes of at least 4 members (excludes halogenated alkanes) is 2. The molecule has 2 aromatic carbocycles. The fourth-order valence-corrected chi connectivity index (χ4v) is 2.17. The van der Waals surface area contributed by atoms with Crippen molar-refractivity contribution >= 4 is 12.0 Å². The smallest absolute Gasteiger partial charge is 0.193 e. The molecule has 0 aromatic heterocycles. The van der Waals surface area contributed by atoms with Crippen molar-refractivity contribution in [2.75, 3.05) is 11.9 Å². The number of aldehydes is 1. The summed E-state index contributed by atoms with van der Waals surface area (Å²) < 4.78 is 0. The van der Waals surface area contributed by atoms with E-state index in [4.69, 9.17) is 0 Å². The van der Waals surface area contributed by atoms with Crippen molar-refractivity contribution in [1.82, 2.24) is 0 Å². The van der Waals surface area contributed by atoms with Crippen LogP contribution in [0.2, 0.25) is 0 Å². The minimum atomic E-state index is 0.593. The van der Waals surface area contributed by atoms with E-state index >= 15 is 0 Å². The molecule has 0 amide bonds. The minimum Gasteiger partial charge on any atom is -0.385 e.